The monoisotopic (exact) mass is 301 g/mol. The number of fused-ring (bicyclic) bond motifs is 1. The quantitative estimate of drug-likeness (QED) is 0.947. The number of likely N-dealkylation sites (tertiary alicyclic amines) is 1. The minimum atomic E-state index is -2.31. The Morgan fingerprint density at radius 1 is 1.18 bits per heavy atom. The highest BCUT2D eigenvalue weighted by molar-refractivity contribution is 5.90. The van der Waals surface area contributed by atoms with Crippen LogP contribution in [0.2, 0.25) is 0 Å². The van der Waals surface area contributed by atoms with Crippen LogP contribution in [0.5, 0.6) is 0 Å². The molecule has 1 amide bonds. The lowest BCUT2D eigenvalue weighted by Gasteiger charge is -2.18. The van der Waals surface area contributed by atoms with Crippen molar-refractivity contribution in [2.24, 2.45) is 0 Å². The van der Waals surface area contributed by atoms with Crippen LogP contribution in [0, 0.1) is 0 Å². The van der Waals surface area contributed by atoms with E-state index in [1.54, 1.807) is 0 Å². The molecule has 0 spiro atoms. The number of hydrogen-bond acceptors (Lipinski definition) is 2. The molecule has 0 bridgehead atoms. The fraction of sp³-hybridized carbons (Fsp3) is 0.294. The van der Waals surface area contributed by atoms with E-state index in [4.69, 9.17) is 5.11 Å². The number of nitrogens with zero attached hydrogens (tertiary/aromatic N) is 1. The molecule has 0 aliphatic carbocycles. The highest BCUT2D eigenvalue weighted by atomic mass is 19.1. The smallest absolute Gasteiger partial charge is 0.343 e. The summed E-state index contributed by atoms with van der Waals surface area (Å²) >= 11 is 0. The van der Waals surface area contributed by atoms with Gasteiger partial charge in [0.05, 0.1) is 13.0 Å². The van der Waals surface area contributed by atoms with Crippen LogP contribution < -0.4 is 0 Å². The number of benzene rings is 2. The molecular weight excluding hydrogens is 285 g/mol. The Balaban J connectivity index is 1.79. The van der Waals surface area contributed by atoms with E-state index in [9.17, 15) is 14.0 Å². The van der Waals surface area contributed by atoms with Gasteiger partial charge >= 0.3 is 5.97 Å². The van der Waals surface area contributed by atoms with Crippen molar-refractivity contribution in [2.75, 3.05) is 13.1 Å². The van der Waals surface area contributed by atoms with E-state index in [1.165, 1.54) is 4.90 Å². The highest BCUT2D eigenvalue weighted by Crippen LogP contribution is 2.27. The minimum Gasteiger partial charge on any atom is -0.479 e. The van der Waals surface area contributed by atoms with E-state index in [0.29, 0.717) is 0 Å². The summed E-state index contributed by atoms with van der Waals surface area (Å²) in [5.41, 5.74) is -1.44. The zero-order chi connectivity index (χ0) is 15.7. The number of carboxylic acids is 1. The van der Waals surface area contributed by atoms with Crippen LogP contribution in [0.25, 0.3) is 10.8 Å². The molecule has 5 heteroatoms. The van der Waals surface area contributed by atoms with Crippen molar-refractivity contribution in [1.29, 1.82) is 0 Å². The summed E-state index contributed by atoms with van der Waals surface area (Å²) in [7, 11) is 0. The van der Waals surface area contributed by atoms with Gasteiger partial charge < -0.3 is 10.0 Å². The molecule has 0 aromatic heterocycles. The van der Waals surface area contributed by atoms with Gasteiger partial charge in [0, 0.05) is 13.0 Å². The van der Waals surface area contributed by atoms with E-state index in [-0.39, 0.29) is 31.8 Å². The van der Waals surface area contributed by atoms with Crippen LogP contribution >= 0.6 is 0 Å². The topological polar surface area (TPSA) is 57.6 Å². The van der Waals surface area contributed by atoms with Crippen LogP contribution in [-0.4, -0.2) is 40.6 Å². The molecule has 2 aromatic rings. The Bertz CT molecular complexity index is 740. The van der Waals surface area contributed by atoms with Gasteiger partial charge in [-0.3, -0.25) is 4.79 Å². The zero-order valence-corrected chi connectivity index (χ0v) is 12.0. The fourth-order valence-corrected chi connectivity index (χ4v) is 2.88. The van der Waals surface area contributed by atoms with Gasteiger partial charge in [0.25, 0.3) is 0 Å². The molecule has 1 aliphatic heterocycles. The first-order valence-corrected chi connectivity index (χ1v) is 7.16. The van der Waals surface area contributed by atoms with Crippen LogP contribution in [0.4, 0.5) is 4.39 Å². The Morgan fingerprint density at radius 2 is 1.91 bits per heavy atom. The van der Waals surface area contributed by atoms with Gasteiger partial charge in [-0.05, 0) is 16.3 Å². The Labute approximate surface area is 127 Å². The first kappa shape index (κ1) is 14.5. The minimum absolute atomic E-state index is 0.145. The summed E-state index contributed by atoms with van der Waals surface area (Å²) in [6, 6.07) is 13.5. The molecule has 3 rings (SSSR count). The van der Waals surface area contributed by atoms with Crippen molar-refractivity contribution in [2.45, 2.75) is 18.5 Å². The fourth-order valence-electron chi connectivity index (χ4n) is 2.88. The van der Waals surface area contributed by atoms with E-state index >= 15 is 0 Å². The van der Waals surface area contributed by atoms with Crippen molar-refractivity contribution in [3.63, 3.8) is 0 Å². The third-order valence-electron chi connectivity index (χ3n) is 4.18. The lowest BCUT2D eigenvalue weighted by molar-refractivity contribution is -0.150. The van der Waals surface area contributed by atoms with Crippen molar-refractivity contribution < 1.29 is 19.1 Å². The number of carbonyl (C=O) groups excluding carboxylic acids is 1. The highest BCUT2D eigenvalue weighted by Gasteiger charge is 2.46. The summed E-state index contributed by atoms with van der Waals surface area (Å²) in [5, 5.41) is 10.9. The Morgan fingerprint density at radius 3 is 2.64 bits per heavy atom. The Kier molecular flexibility index (Phi) is 3.56. The van der Waals surface area contributed by atoms with Crippen molar-refractivity contribution >= 4 is 22.6 Å². The molecule has 22 heavy (non-hydrogen) atoms. The molecule has 1 atom stereocenters. The van der Waals surface area contributed by atoms with Crippen molar-refractivity contribution in [3.05, 3.63) is 48.0 Å². The van der Waals surface area contributed by atoms with Gasteiger partial charge in [-0.2, -0.15) is 0 Å². The Hall–Kier alpha value is -2.43. The summed E-state index contributed by atoms with van der Waals surface area (Å²) in [5.74, 6) is -1.73. The molecule has 1 fully saturated rings. The van der Waals surface area contributed by atoms with Gasteiger partial charge in [0.2, 0.25) is 11.6 Å². The van der Waals surface area contributed by atoms with Crippen LogP contribution in [-0.2, 0) is 16.0 Å². The van der Waals surface area contributed by atoms with Gasteiger partial charge in [-0.25, -0.2) is 9.18 Å². The lowest BCUT2D eigenvalue weighted by Crippen LogP contribution is -2.39. The number of carbonyl (C=O) groups is 2. The molecule has 0 saturated carbocycles. The third-order valence-corrected chi connectivity index (χ3v) is 4.18. The van der Waals surface area contributed by atoms with Gasteiger partial charge in [-0.15, -0.1) is 0 Å². The molecule has 1 N–H and O–H groups in total. The number of hydrogen-bond donors (Lipinski definition) is 1. The maximum Gasteiger partial charge on any atom is 0.343 e. The van der Waals surface area contributed by atoms with E-state index in [0.717, 1.165) is 16.3 Å². The predicted octanol–water partition coefficient (Wildman–Crippen LogP) is 2.41. The summed E-state index contributed by atoms with van der Waals surface area (Å²) < 4.78 is 14.0. The summed E-state index contributed by atoms with van der Waals surface area (Å²) in [4.78, 5) is 24.5. The molecule has 2 aromatic carbocycles. The summed E-state index contributed by atoms with van der Waals surface area (Å²) in [6.07, 6.45) is 0.000658. The standard InChI is InChI=1S/C17H16FNO3/c18-17(16(21)22)8-9-19(11-17)15(20)10-13-6-3-5-12-4-1-2-7-14(12)13/h1-7H,8-11H2,(H,21,22). The average Bonchev–Trinajstić information content (AvgIpc) is 2.92. The van der Waals surface area contributed by atoms with Crippen molar-refractivity contribution in [3.8, 4) is 0 Å². The maximum atomic E-state index is 14.0. The number of alkyl halides is 1. The second-order valence-corrected chi connectivity index (χ2v) is 5.65. The molecule has 1 aliphatic rings. The lowest BCUT2D eigenvalue weighted by atomic mass is 10.0. The normalized spacial score (nSPS) is 21.2. The van der Waals surface area contributed by atoms with Crippen LogP contribution in [0.15, 0.2) is 42.5 Å². The average molecular weight is 301 g/mol. The molecule has 114 valence electrons. The maximum absolute atomic E-state index is 14.0. The summed E-state index contributed by atoms with van der Waals surface area (Å²) in [6.45, 7) is -0.224. The molecular formula is C17H16FNO3. The molecule has 1 unspecified atom stereocenters. The van der Waals surface area contributed by atoms with Crippen LogP contribution in [0.1, 0.15) is 12.0 Å². The van der Waals surface area contributed by atoms with Gasteiger partial charge in [0.15, 0.2) is 0 Å². The first-order chi connectivity index (χ1) is 10.5. The molecule has 4 nitrogen and oxygen atoms in total. The number of aliphatic carboxylic acids is 1. The van der Waals surface area contributed by atoms with Gasteiger partial charge in [0.1, 0.15) is 0 Å². The van der Waals surface area contributed by atoms with E-state index < -0.39 is 11.6 Å². The molecule has 1 heterocycles. The number of carboxylic acid groups (broad SMARTS) is 1. The zero-order valence-electron chi connectivity index (χ0n) is 12.0. The number of rotatable bonds is 3. The van der Waals surface area contributed by atoms with E-state index in [1.807, 2.05) is 42.5 Å². The van der Waals surface area contributed by atoms with Gasteiger partial charge in [-0.1, -0.05) is 42.5 Å². The second-order valence-electron chi connectivity index (χ2n) is 5.65. The SMILES string of the molecule is O=C(Cc1cccc2ccccc12)N1CCC(F)(C(=O)O)C1. The first-order valence-electron chi connectivity index (χ1n) is 7.16. The number of amides is 1. The second kappa shape index (κ2) is 5.40. The molecule has 1 saturated heterocycles. The number of halogens is 1. The van der Waals surface area contributed by atoms with E-state index in [2.05, 4.69) is 0 Å². The van der Waals surface area contributed by atoms with Crippen molar-refractivity contribution in [1.82, 2.24) is 4.90 Å². The largest absolute Gasteiger partial charge is 0.479 e. The third kappa shape index (κ3) is 2.54. The van der Waals surface area contributed by atoms with Crippen LogP contribution in [0.3, 0.4) is 0 Å². The predicted molar refractivity (Wildman–Crippen MR) is 80.3 cm³/mol. The molecule has 0 radical (unpaired) electrons.